The summed E-state index contributed by atoms with van der Waals surface area (Å²) in [4.78, 5) is 23.4. The monoisotopic (exact) mass is 346 g/mol. The van der Waals surface area contributed by atoms with E-state index in [9.17, 15) is 14.9 Å². The lowest BCUT2D eigenvalue weighted by Gasteiger charge is -2.14. The maximum absolute atomic E-state index is 12.4. The molecule has 7 heteroatoms. The van der Waals surface area contributed by atoms with Crippen molar-refractivity contribution in [1.29, 1.82) is 0 Å². The van der Waals surface area contributed by atoms with Crippen molar-refractivity contribution in [2.45, 2.75) is 23.7 Å². The van der Waals surface area contributed by atoms with Gasteiger partial charge in [0.1, 0.15) is 0 Å². The van der Waals surface area contributed by atoms with Gasteiger partial charge in [0.2, 0.25) is 5.91 Å². The van der Waals surface area contributed by atoms with E-state index >= 15 is 0 Å². The number of thioether (sulfide) groups is 1. The number of ether oxygens (including phenoxy) is 1. The zero-order valence-electron chi connectivity index (χ0n) is 13.4. The Labute approximate surface area is 144 Å². The second kappa shape index (κ2) is 8.47. The summed E-state index contributed by atoms with van der Waals surface area (Å²) in [6.07, 6.45) is 0. The van der Waals surface area contributed by atoms with Crippen LogP contribution in [0.15, 0.2) is 53.4 Å². The van der Waals surface area contributed by atoms with Gasteiger partial charge in [-0.3, -0.25) is 14.9 Å². The van der Waals surface area contributed by atoms with Crippen molar-refractivity contribution < 1.29 is 14.5 Å². The molecule has 126 valence electrons. The van der Waals surface area contributed by atoms with E-state index < -0.39 is 4.92 Å². The Morgan fingerprint density at radius 3 is 2.54 bits per heavy atom. The van der Waals surface area contributed by atoms with Crippen LogP contribution in [0.25, 0.3) is 0 Å². The fraction of sp³-hybridized carbons (Fsp3) is 0.235. The molecular weight excluding hydrogens is 328 g/mol. The van der Waals surface area contributed by atoms with Gasteiger partial charge in [0, 0.05) is 35.4 Å². The number of nitro benzene ring substituents is 1. The first-order chi connectivity index (χ1) is 11.5. The van der Waals surface area contributed by atoms with Crippen LogP contribution in [-0.2, 0) is 16.1 Å². The van der Waals surface area contributed by atoms with Gasteiger partial charge in [-0.1, -0.05) is 18.2 Å². The lowest BCUT2D eigenvalue weighted by molar-refractivity contribution is -0.384. The first-order valence-electron chi connectivity index (χ1n) is 7.30. The number of hydrogen-bond donors (Lipinski definition) is 1. The Bertz CT molecular complexity index is 719. The topological polar surface area (TPSA) is 81.5 Å². The molecule has 0 saturated heterocycles. The van der Waals surface area contributed by atoms with Gasteiger partial charge in [-0.25, -0.2) is 0 Å². The molecule has 2 aromatic rings. The number of methoxy groups -OCH3 is 1. The van der Waals surface area contributed by atoms with Gasteiger partial charge in [0.15, 0.2) is 0 Å². The number of nitrogens with one attached hydrogen (secondary N) is 1. The minimum Gasteiger partial charge on any atom is -0.380 e. The third kappa shape index (κ3) is 4.81. The third-order valence-corrected chi connectivity index (χ3v) is 4.42. The van der Waals surface area contributed by atoms with E-state index in [1.807, 2.05) is 24.3 Å². The van der Waals surface area contributed by atoms with Crippen LogP contribution in [0.3, 0.4) is 0 Å². The predicted octanol–water partition coefficient (Wildman–Crippen LogP) is 3.86. The second-order valence-corrected chi connectivity index (χ2v) is 6.50. The number of benzene rings is 2. The van der Waals surface area contributed by atoms with E-state index in [2.05, 4.69) is 5.32 Å². The summed E-state index contributed by atoms with van der Waals surface area (Å²) in [6.45, 7) is 2.21. The highest BCUT2D eigenvalue weighted by Crippen LogP contribution is 2.26. The zero-order valence-corrected chi connectivity index (χ0v) is 14.2. The molecule has 0 aliphatic rings. The van der Waals surface area contributed by atoms with Crippen LogP contribution in [0.2, 0.25) is 0 Å². The SMILES string of the molecule is COCc1ccccc1NC(=O)C(C)Sc1ccc([N+](=O)[O-])cc1. The van der Waals surface area contributed by atoms with Crippen molar-refractivity contribution in [3.8, 4) is 0 Å². The van der Waals surface area contributed by atoms with E-state index in [0.717, 1.165) is 16.1 Å². The Hall–Kier alpha value is -2.38. The summed E-state index contributed by atoms with van der Waals surface area (Å²) in [5.41, 5.74) is 1.66. The second-order valence-electron chi connectivity index (χ2n) is 5.09. The Morgan fingerprint density at radius 2 is 1.92 bits per heavy atom. The molecule has 0 fully saturated rings. The van der Waals surface area contributed by atoms with E-state index in [-0.39, 0.29) is 16.8 Å². The Morgan fingerprint density at radius 1 is 1.25 bits per heavy atom. The van der Waals surface area contributed by atoms with E-state index in [1.165, 1.54) is 23.9 Å². The highest BCUT2D eigenvalue weighted by atomic mass is 32.2. The Balaban J connectivity index is 2.01. The normalized spacial score (nSPS) is 11.8. The molecule has 0 aromatic heterocycles. The average Bonchev–Trinajstić information content (AvgIpc) is 2.57. The molecule has 2 aromatic carbocycles. The third-order valence-electron chi connectivity index (χ3n) is 3.30. The van der Waals surface area contributed by atoms with Crippen molar-refractivity contribution in [3.63, 3.8) is 0 Å². The summed E-state index contributed by atoms with van der Waals surface area (Å²) >= 11 is 1.34. The van der Waals surface area contributed by atoms with Crippen LogP contribution in [0.5, 0.6) is 0 Å². The van der Waals surface area contributed by atoms with Crippen LogP contribution in [-0.4, -0.2) is 23.2 Å². The lowest BCUT2D eigenvalue weighted by atomic mass is 10.2. The molecule has 6 nitrogen and oxygen atoms in total. The number of nitrogens with zero attached hydrogens (tertiary/aromatic N) is 1. The van der Waals surface area contributed by atoms with Crippen molar-refractivity contribution >= 4 is 29.0 Å². The molecule has 24 heavy (non-hydrogen) atoms. The molecule has 2 rings (SSSR count). The summed E-state index contributed by atoms with van der Waals surface area (Å²) in [6, 6.07) is 13.6. The van der Waals surface area contributed by atoms with Gasteiger partial charge >= 0.3 is 0 Å². The summed E-state index contributed by atoms with van der Waals surface area (Å²) in [5.74, 6) is -0.137. The molecule has 1 unspecified atom stereocenters. The number of anilines is 1. The van der Waals surface area contributed by atoms with Crippen molar-refractivity contribution in [2.75, 3.05) is 12.4 Å². The highest BCUT2D eigenvalue weighted by molar-refractivity contribution is 8.00. The average molecular weight is 346 g/mol. The number of nitro groups is 1. The zero-order chi connectivity index (χ0) is 17.5. The first kappa shape index (κ1) is 18.0. The first-order valence-corrected chi connectivity index (χ1v) is 8.18. The quantitative estimate of drug-likeness (QED) is 0.468. The number of amides is 1. The van der Waals surface area contributed by atoms with Gasteiger partial charge in [-0.15, -0.1) is 11.8 Å². The van der Waals surface area contributed by atoms with Gasteiger partial charge < -0.3 is 10.1 Å². The molecule has 0 bridgehead atoms. The molecule has 0 heterocycles. The molecule has 0 aliphatic heterocycles. The largest absolute Gasteiger partial charge is 0.380 e. The van der Waals surface area contributed by atoms with E-state index in [1.54, 1.807) is 26.2 Å². The minimum atomic E-state index is -0.447. The van der Waals surface area contributed by atoms with Gasteiger partial charge in [-0.05, 0) is 25.1 Å². The van der Waals surface area contributed by atoms with Crippen molar-refractivity contribution in [3.05, 3.63) is 64.2 Å². The maximum atomic E-state index is 12.4. The van der Waals surface area contributed by atoms with E-state index in [4.69, 9.17) is 4.74 Å². The number of carbonyl (C=O) groups excluding carboxylic acids is 1. The van der Waals surface area contributed by atoms with Gasteiger partial charge in [-0.2, -0.15) is 0 Å². The standard InChI is InChI=1S/C17H18N2O4S/c1-12(24-15-9-7-14(8-10-15)19(21)22)17(20)18-16-6-4-3-5-13(16)11-23-2/h3-10,12H,11H2,1-2H3,(H,18,20). The van der Waals surface area contributed by atoms with Crippen molar-refractivity contribution in [2.24, 2.45) is 0 Å². The summed E-state index contributed by atoms with van der Waals surface area (Å²) in [7, 11) is 1.60. The number of rotatable bonds is 7. The number of carbonyl (C=O) groups is 1. The van der Waals surface area contributed by atoms with Crippen LogP contribution in [0.4, 0.5) is 11.4 Å². The molecule has 0 radical (unpaired) electrons. The van der Waals surface area contributed by atoms with Crippen LogP contribution >= 0.6 is 11.8 Å². The molecule has 1 atom stereocenters. The molecule has 0 saturated carbocycles. The number of para-hydroxylation sites is 1. The predicted molar refractivity (Wildman–Crippen MR) is 94.2 cm³/mol. The highest BCUT2D eigenvalue weighted by Gasteiger charge is 2.16. The Kier molecular flexibility index (Phi) is 6.34. The maximum Gasteiger partial charge on any atom is 0.269 e. The number of non-ortho nitro benzene ring substituents is 1. The fourth-order valence-electron chi connectivity index (χ4n) is 2.06. The van der Waals surface area contributed by atoms with Crippen LogP contribution in [0, 0.1) is 10.1 Å². The molecule has 0 aliphatic carbocycles. The van der Waals surface area contributed by atoms with Crippen LogP contribution < -0.4 is 5.32 Å². The van der Waals surface area contributed by atoms with E-state index in [0.29, 0.717) is 6.61 Å². The minimum absolute atomic E-state index is 0.0324. The summed E-state index contributed by atoms with van der Waals surface area (Å²) < 4.78 is 5.13. The lowest BCUT2D eigenvalue weighted by Crippen LogP contribution is -2.23. The fourth-order valence-corrected chi connectivity index (χ4v) is 2.93. The van der Waals surface area contributed by atoms with Gasteiger partial charge in [0.05, 0.1) is 16.8 Å². The molecular formula is C17H18N2O4S. The molecule has 0 spiro atoms. The van der Waals surface area contributed by atoms with Crippen molar-refractivity contribution in [1.82, 2.24) is 0 Å². The van der Waals surface area contributed by atoms with Gasteiger partial charge in [0.25, 0.3) is 5.69 Å². The van der Waals surface area contributed by atoms with Crippen LogP contribution in [0.1, 0.15) is 12.5 Å². The molecule has 1 amide bonds. The number of hydrogen-bond acceptors (Lipinski definition) is 5. The molecule has 1 N–H and O–H groups in total. The summed E-state index contributed by atoms with van der Waals surface area (Å²) in [5, 5.41) is 13.2. The smallest absolute Gasteiger partial charge is 0.269 e.